The van der Waals surface area contributed by atoms with E-state index in [2.05, 4.69) is 36.2 Å². The fourth-order valence-electron chi connectivity index (χ4n) is 2.80. The van der Waals surface area contributed by atoms with Crippen molar-refractivity contribution in [2.45, 2.75) is 45.6 Å². The lowest BCUT2D eigenvalue weighted by molar-refractivity contribution is 0.607. The zero-order chi connectivity index (χ0) is 14.1. The van der Waals surface area contributed by atoms with Gasteiger partial charge in [-0.3, -0.25) is 0 Å². The van der Waals surface area contributed by atoms with Crippen LogP contribution in [0.3, 0.4) is 0 Å². The van der Waals surface area contributed by atoms with Crippen molar-refractivity contribution in [1.82, 2.24) is 20.1 Å². The molecule has 106 valence electrons. The van der Waals surface area contributed by atoms with E-state index in [0.29, 0.717) is 5.92 Å². The summed E-state index contributed by atoms with van der Waals surface area (Å²) in [6, 6.07) is 6.68. The van der Waals surface area contributed by atoms with Gasteiger partial charge in [0.25, 0.3) is 0 Å². The number of hydrogen-bond donors (Lipinski definition) is 1. The normalized spacial score (nSPS) is 16.4. The Hall–Kier alpha value is -1.68. The molecule has 1 unspecified atom stereocenters. The Balaban J connectivity index is 1.86. The molecule has 0 saturated heterocycles. The molecule has 4 nitrogen and oxygen atoms in total. The van der Waals surface area contributed by atoms with Gasteiger partial charge in [-0.25, -0.2) is 9.67 Å². The van der Waals surface area contributed by atoms with Crippen LogP contribution in [0.25, 0.3) is 5.82 Å². The number of rotatable bonds is 5. The predicted octanol–water partition coefficient (Wildman–Crippen LogP) is 2.74. The summed E-state index contributed by atoms with van der Waals surface area (Å²) in [5, 5.41) is 8.28. The smallest absolute Gasteiger partial charge is 0.153 e. The fourth-order valence-corrected chi connectivity index (χ4v) is 2.80. The Morgan fingerprint density at radius 1 is 1.35 bits per heavy atom. The number of aromatic nitrogens is 3. The van der Waals surface area contributed by atoms with Crippen molar-refractivity contribution in [3.8, 4) is 5.82 Å². The summed E-state index contributed by atoms with van der Waals surface area (Å²) in [6.45, 7) is 7.53. The Morgan fingerprint density at radius 3 is 2.80 bits per heavy atom. The van der Waals surface area contributed by atoms with Crippen LogP contribution in [0.1, 0.15) is 42.6 Å². The maximum atomic E-state index is 4.67. The maximum absolute atomic E-state index is 4.67. The Kier molecular flexibility index (Phi) is 3.57. The van der Waals surface area contributed by atoms with Crippen molar-refractivity contribution < 1.29 is 0 Å². The largest absolute Gasteiger partial charge is 0.313 e. The molecule has 1 atom stereocenters. The van der Waals surface area contributed by atoms with Gasteiger partial charge in [0.2, 0.25) is 0 Å². The summed E-state index contributed by atoms with van der Waals surface area (Å²) in [5.74, 6) is 1.37. The van der Waals surface area contributed by atoms with Gasteiger partial charge < -0.3 is 5.32 Å². The van der Waals surface area contributed by atoms with Crippen LogP contribution in [0.4, 0.5) is 0 Å². The molecule has 0 amide bonds. The highest BCUT2D eigenvalue weighted by Crippen LogP contribution is 2.26. The van der Waals surface area contributed by atoms with Gasteiger partial charge in [0.05, 0.1) is 5.69 Å². The van der Waals surface area contributed by atoms with E-state index in [9.17, 15) is 0 Å². The van der Waals surface area contributed by atoms with Gasteiger partial charge >= 0.3 is 0 Å². The monoisotopic (exact) mass is 270 g/mol. The molecule has 1 fully saturated rings. The molecule has 0 spiro atoms. The Bertz CT molecular complexity index is 584. The van der Waals surface area contributed by atoms with E-state index >= 15 is 0 Å². The van der Waals surface area contributed by atoms with Crippen LogP contribution >= 0.6 is 0 Å². The van der Waals surface area contributed by atoms with Crippen molar-refractivity contribution in [1.29, 1.82) is 0 Å². The van der Waals surface area contributed by atoms with E-state index in [-0.39, 0.29) is 0 Å². The molecule has 2 aromatic rings. The summed E-state index contributed by atoms with van der Waals surface area (Å²) in [5.41, 5.74) is 3.66. The fraction of sp³-hybridized carbons (Fsp3) is 0.500. The summed E-state index contributed by atoms with van der Waals surface area (Å²) in [7, 11) is 0. The second-order valence-corrected chi connectivity index (χ2v) is 5.77. The molecule has 1 aliphatic carbocycles. The molecule has 20 heavy (non-hydrogen) atoms. The minimum atomic E-state index is 0.480. The van der Waals surface area contributed by atoms with Crippen molar-refractivity contribution in [3.63, 3.8) is 0 Å². The minimum absolute atomic E-state index is 0.480. The van der Waals surface area contributed by atoms with Crippen molar-refractivity contribution in [2.24, 2.45) is 0 Å². The van der Waals surface area contributed by atoms with Crippen LogP contribution < -0.4 is 5.32 Å². The minimum Gasteiger partial charge on any atom is -0.313 e. The van der Waals surface area contributed by atoms with E-state index in [1.54, 1.807) is 0 Å². The highest BCUT2D eigenvalue weighted by atomic mass is 15.3. The van der Waals surface area contributed by atoms with Gasteiger partial charge in [-0.15, -0.1) is 0 Å². The first-order chi connectivity index (χ1) is 9.66. The average Bonchev–Trinajstić information content (AvgIpc) is 3.23. The standard InChI is InChI=1S/C16H22N4/c1-11(10-18-14-7-8-14)16-12(2)19-20(13(16)3)15-6-4-5-9-17-15/h4-6,9,11,14,18H,7-8,10H2,1-3H3. The van der Waals surface area contributed by atoms with Gasteiger partial charge in [-0.1, -0.05) is 13.0 Å². The van der Waals surface area contributed by atoms with Crippen LogP contribution in [-0.4, -0.2) is 27.4 Å². The lowest BCUT2D eigenvalue weighted by atomic mass is 9.99. The SMILES string of the molecule is Cc1nn(-c2ccccn2)c(C)c1C(C)CNC1CC1. The molecule has 0 aliphatic heterocycles. The van der Waals surface area contributed by atoms with Crippen LogP contribution in [0.15, 0.2) is 24.4 Å². The molecular weight excluding hydrogens is 248 g/mol. The van der Waals surface area contributed by atoms with Gasteiger partial charge in [0.15, 0.2) is 5.82 Å². The number of aryl methyl sites for hydroxylation is 1. The second kappa shape index (κ2) is 5.37. The molecule has 2 aromatic heterocycles. The quantitative estimate of drug-likeness (QED) is 0.908. The van der Waals surface area contributed by atoms with Crippen LogP contribution in [0, 0.1) is 13.8 Å². The number of hydrogen-bond acceptors (Lipinski definition) is 3. The highest BCUT2D eigenvalue weighted by molar-refractivity contribution is 5.34. The van der Waals surface area contributed by atoms with Gasteiger partial charge in [-0.2, -0.15) is 5.10 Å². The summed E-state index contributed by atoms with van der Waals surface area (Å²) >= 11 is 0. The van der Waals surface area contributed by atoms with Crippen molar-refractivity contribution >= 4 is 0 Å². The molecule has 2 heterocycles. The first-order valence-corrected chi connectivity index (χ1v) is 7.37. The topological polar surface area (TPSA) is 42.7 Å². The van der Waals surface area contributed by atoms with Crippen LogP contribution in [0.2, 0.25) is 0 Å². The van der Waals surface area contributed by atoms with Crippen molar-refractivity contribution in [3.05, 3.63) is 41.3 Å². The van der Waals surface area contributed by atoms with Gasteiger partial charge in [-0.05, 0) is 44.7 Å². The molecule has 3 rings (SSSR count). The summed E-state index contributed by atoms with van der Waals surface area (Å²) < 4.78 is 1.96. The summed E-state index contributed by atoms with van der Waals surface area (Å²) in [4.78, 5) is 4.39. The molecule has 1 aliphatic rings. The van der Waals surface area contributed by atoms with E-state index < -0.39 is 0 Å². The molecule has 1 saturated carbocycles. The highest BCUT2D eigenvalue weighted by Gasteiger charge is 2.23. The van der Waals surface area contributed by atoms with Crippen LogP contribution in [0.5, 0.6) is 0 Å². The first-order valence-electron chi connectivity index (χ1n) is 7.37. The van der Waals surface area contributed by atoms with E-state index in [4.69, 9.17) is 0 Å². The second-order valence-electron chi connectivity index (χ2n) is 5.77. The molecule has 1 N–H and O–H groups in total. The average molecular weight is 270 g/mol. The van der Waals surface area contributed by atoms with E-state index in [0.717, 1.165) is 24.1 Å². The molecule has 0 bridgehead atoms. The van der Waals surface area contributed by atoms with E-state index in [1.165, 1.54) is 24.1 Å². The molecular formula is C16H22N4. The first kappa shape index (κ1) is 13.3. The Morgan fingerprint density at radius 2 is 2.15 bits per heavy atom. The molecule has 0 radical (unpaired) electrons. The zero-order valence-electron chi connectivity index (χ0n) is 12.4. The predicted molar refractivity (Wildman–Crippen MR) is 80.3 cm³/mol. The lowest BCUT2D eigenvalue weighted by Gasteiger charge is -2.13. The van der Waals surface area contributed by atoms with Gasteiger partial charge in [0, 0.05) is 30.0 Å². The van der Waals surface area contributed by atoms with Crippen molar-refractivity contribution in [2.75, 3.05) is 6.54 Å². The number of nitrogens with one attached hydrogen (secondary N) is 1. The van der Waals surface area contributed by atoms with Gasteiger partial charge in [0.1, 0.15) is 0 Å². The van der Waals surface area contributed by atoms with Crippen LogP contribution in [-0.2, 0) is 0 Å². The number of nitrogens with zero attached hydrogens (tertiary/aromatic N) is 3. The third kappa shape index (κ3) is 2.61. The Labute approximate surface area is 120 Å². The lowest BCUT2D eigenvalue weighted by Crippen LogP contribution is -2.22. The third-order valence-corrected chi connectivity index (χ3v) is 4.00. The maximum Gasteiger partial charge on any atom is 0.153 e. The third-order valence-electron chi connectivity index (χ3n) is 4.00. The molecule has 4 heteroatoms. The van der Waals surface area contributed by atoms with E-state index in [1.807, 2.05) is 29.1 Å². The number of pyridine rings is 1. The summed E-state index contributed by atoms with van der Waals surface area (Å²) in [6.07, 6.45) is 4.47. The molecule has 0 aromatic carbocycles. The zero-order valence-corrected chi connectivity index (χ0v) is 12.4.